The van der Waals surface area contributed by atoms with Crippen molar-refractivity contribution in [3.8, 4) is 5.75 Å². The molecule has 0 aliphatic carbocycles. The maximum absolute atomic E-state index is 12.3. The molecule has 0 fully saturated rings. The number of ether oxygens (including phenoxy) is 1. The van der Waals surface area contributed by atoms with Crippen molar-refractivity contribution in [2.45, 2.75) is 6.18 Å². The molecule has 0 saturated carbocycles. The number of methoxy groups -OCH3 is 1. The molecule has 0 N–H and O–H groups in total. The predicted octanol–water partition coefficient (Wildman–Crippen LogP) is 3.26. The second kappa shape index (κ2) is 3.58. The Kier molecular flexibility index (Phi) is 2.65. The number of rotatable bonds is 1. The summed E-state index contributed by atoms with van der Waals surface area (Å²) in [6.07, 6.45) is -4.45. The molecule has 0 atom stereocenters. The van der Waals surface area contributed by atoms with Crippen LogP contribution >= 0.6 is 0 Å². The normalized spacial score (nSPS) is 10.8. The molecule has 0 aromatic heterocycles. The summed E-state index contributed by atoms with van der Waals surface area (Å²) in [7, 11) is 1.14. The lowest BCUT2D eigenvalue weighted by Crippen LogP contribution is -2.06. The summed E-state index contributed by atoms with van der Waals surface area (Å²) in [4.78, 5) is 3.00. The van der Waals surface area contributed by atoms with Crippen molar-refractivity contribution in [3.63, 3.8) is 0 Å². The summed E-state index contributed by atoms with van der Waals surface area (Å²) in [5.74, 6) is -0.328. The van der Waals surface area contributed by atoms with Crippen molar-refractivity contribution >= 4 is 5.69 Å². The van der Waals surface area contributed by atoms with Crippen LogP contribution in [-0.4, -0.2) is 7.11 Å². The van der Waals surface area contributed by atoms with E-state index >= 15 is 0 Å². The molecule has 0 bridgehead atoms. The monoisotopic (exact) mass is 201 g/mol. The fraction of sp³-hybridized carbons (Fsp3) is 0.222. The van der Waals surface area contributed by atoms with Crippen LogP contribution < -0.4 is 4.74 Å². The van der Waals surface area contributed by atoms with Gasteiger partial charge in [0.15, 0.2) is 5.69 Å². The number of benzene rings is 1. The summed E-state index contributed by atoms with van der Waals surface area (Å²) in [5, 5.41) is 0. The molecule has 0 unspecified atom stereocenters. The van der Waals surface area contributed by atoms with E-state index in [-0.39, 0.29) is 11.4 Å². The molecule has 0 radical (unpaired) electrons. The Morgan fingerprint density at radius 3 is 2.43 bits per heavy atom. The van der Waals surface area contributed by atoms with Gasteiger partial charge in [0.1, 0.15) is 5.75 Å². The van der Waals surface area contributed by atoms with Crippen molar-refractivity contribution in [2.75, 3.05) is 7.11 Å². The van der Waals surface area contributed by atoms with Gasteiger partial charge in [0.2, 0.25) is 0 Å². The second-order valence-electron chi connectivity index (χ2n) is 2.49. The van der Waals surface area contributed by atoms with Gasteiger partial charge in [-0.05, 0) is 6.07 Å². The van der Waals surface area contributed by atoms with Gasteiger partial charge >= 0.3 is 6.18 Å². The van der Waals surface area contributed by atoms with Crippen LogP contribution in [0.25, 0.3) is 4.85 Å². The molecule has 74 valence electrons. The number of nitrogens with zero attached hydrogens (tertiary/aromatic N) is 1. The highest BCUT2D eigenvalue weighted by Crippen LogP contribution is 2.37. The Hall–Kier alpha value is -1.70. The third-order valence-electron chi connectivity index (χ3n) is 1.62. The predicted molar refractivity (Wildman–Crippen MR) is 44.3 cm³/mol. The first-order valence-corrected chi connectivity index (χ1v) is 3.61. The van der Waals surface area contributed by atoms with Crippen LogP contribution in [-0.2, 0) is 6.18 Å². The van der Waals surface area contributed by atoms with E-state index in [0.29, 0.717) is 0 Å². The first-order chi connectivity index (χ1) is 6.49. The van der Waals surface area contributed by atoms with E-state index in [0.717, 1.165) is 25.3 Å². The Morgan fingerprint density at radius 2 is 2.00 bits per heavy atom. The first kappa shape index (κ1) is 10.4. The van der Waals surface area contributed by atoms with Crippen molar-refractivity contribution in [1.29, 1.82) is 0 Å². The average molecular weight is 201 g/mol. The number of hydrogen-bond acceptors (Lipinski definition) is 1. The van der Waals surface area contributed by atoms with E-state index in [1.807, 2.05) is 0 Å². The average Bonchev–Trinajstić information content (AvgIpc) is 2.15. The zero-order valence-corrected chi connectivity index (χ0v) is 7.22. The second-order valence-corrected chi connectivity index (χ2v) is 2.49. The molecule has 0 amide bonds. The number of alkyl halides is 3. The van der Waals surface area contributed by atoms with Gasteiger partial charge in [0, 0.05) is 0 Å². The lowest BCUT2D eigenvalue weighted by molar-refractivity contribution is -0.138. The molecule has 0 spiro atoms. The number of hydrogen-bond donors (Lipinski definition) is 0. The molecule has 0 aliphatic heterocycles. The molecule has 0 heterocycles. The highest BCUT2D eigenvalue weighted by molar-refractivity contribution is 5.53. The molecular formula is C9H6F3NO. The maximum Gasteiger partial charge on any atom is 0.419 e. The van der Waals surface area contributed by atoms with Gasteiger partial charge in [0.05, 0.1) is 19.2 Å². The van der Waals surface area contributed by atoms with Gasteiger partial charge in [-0.2, -0.15) is 13.2 Å². The molecule has 14 heavy (non-hydrogen) atoms. The molecule has 5 heteroatoms. The molecule has 1 rings (SSSR count). The topological polar surface area (TPSA) is 13.6 Å². The Morgan fingerprint density at radius 1 is 1.36 bits per heavy atom. The minimum Gasteiger partial charge on any atom is -0.497 e. The molecule has 1 aromatic rings. The Bertz CT molecular complexity index is 379. The van der Waals surface area contributed by atoms with E-state index in [1.165, 1.54) is 0 Å². The fourth-order valence-electron chi connectivity index (χ4n) is 0.984. The van der Waals surface area contributed by atoms with Crippen LogP contribution in [0.2, 0.25) is 0 Å². The van der Waals surface area contributed by atoms with Crippen LogP contribution in [0.3, 0.4) is 0 Å². The standard InChI is InChI=1S/C9H6F3NO/c1-13-6-3-4-7(9(10,11)12)8(5-6)14-2/h3-5H,2H3. The van der Waals surface area contributed by atoms with Gasteiger partial charge in [-0.3, -0.25) is 0 Å². The summed E-state index contributed by atoms with van der Waals surface area (Å²) >= 11 is 0. The van der Waals surface area contributed by atoms with Crippen LogP contribution in [0.15, 0.2) is 18.2 Å². The highest BCUT2D eigenvalue weighted by atomic mass is 19.4. The quantitative estimate of drug-likeness (QED) is 0.636. The minimum atomic E-state index is -4.45. The smallest absolute Gasteiger partial charge is 0.419 e. The van der Waals surface area contributed by atoms with Gasteiger partial charge in [-0.15, -0.1) is 0 Å². The van der Waals surface area contributed by atoms with Crippen molar-refractivity contribution in [3.05, 3.63) is 35.2 Å². The van der Waals surface area contributed by atoms with Gasteiger partial charge in [-0.25, -0.2) is 4.85 Å². The minimum absolute atomic E-state index is 0.120. The fourth-order valence-corrected chi connectivity index (χ4v) is 0.984. The Balaban J connectivity index is 3.27. The first-order valence-electron chi connectivity index (χ1n) is 3.61. The van der Waals surface area contributed by atoms with E-state index in [9.17, 15) is 13.2 Å². The molecule has 2 nitrogen and oxygen atoms in total. The highest BCUT2D eigenvalue weighted by Gasteiger charge is 2.34. The van der Waals surface area contributed by atoms with E-state index in [4.69, 9.17) is 6.57 Å². The summed E-state index contributed by atoms with van der Waals surface area (Å²) in [6, 6.07) is 3.01. The van der Waals surface area contributed by atoms with Crippen molar-refractivity contribution < 1.29 is 17.9 Å². The SMILES string of the molecule is [C-]#[N+]c1ccc(C(F)(F)F)c(OC)c1. The number of halogens is 3. The molecule has 1 aromatic carbocycles. The molecular weight excluding hydrogens is 195 g/mol. The lowest BCUT2D eigenvalue weighted by Gasteiger charge is -2.11. The van der Waals surface area contributed by atoms with E-state index in [1.54, 1.807) is 0 Å². The van der Waals surface area contributed by atoms with Crippen LogP contribution in [0, 0.1) is 6.57 Å². The van der Waals surface area contributed by atoms with Gasteiger partial charge in [-0.1, -0.05) is 12.1 Å². The van der Waals surface area contributed by atoms with Crippen molar-refractivity contribution in [2.24, 2.45) is 0 Å². The largest absolute Gasteiger partial charge is 0.497 e. The molecule has 0 aliphatic rings. The summed E-state index contributed by atoms with van der Waals surface area (Å²) in [5.41, 5.74) is -0.748. The maximum atomic E-state index is 12.3. The van der Waals surface area contributed by atoms with Crippen LogP contribution in [0.5, 0.6) is 5.75 Å². The third-order valence-corrected chi connectivity index (χ3v) is 1.62. The third kappa shape index (κ3) is 1.96. The zero-order valence-electron chi connectivity index (χ0n) is 7.22. The van der Waals surface area contributed by atoms with Crippen LogP contribution in [0.4, 0.5) is 18.9 Å². The summed E-state index contributed by atoms with van der Waals surface area (Å²) in [6.45, 7) is 6.63. The molecule has 0 saturated heterocycles. The Labute approximate surface area is 78.7 Å². The van der Waals surface area contributed by atoms with E-state index in [2.05, 4.69) is 9.58 Å². The summed E-state index contributed by atoms with van der Waals surface area (Å²) < 4.78 is 41.5. The van der Waals surface area contributed by atoms with Crippen molar-refractivity contribution in [1.82, 2.24) is 0 Å². The van der Waals surface area contributed by atoms with Gasteiger partial charge < -0.3 is 4.74 Å². The zero-order chi connectivity index (χ0) is 10.8. The lowest BCUT2D eigenvalue weighted by atomic mass is 10.2. The van der Waals surface area contributed by atoms with Crippen LogP contribution in [0.1, 0.15) is 5.56 Å². The van der Waals surface area contributed by atoms with Gasteiger partial charge in [0.25, 0.3) is 0 Å². The van der Waals surface area contributed by atoms with E-state index < -0.39 is 11.7 Å².